The highest BCUT2D eigenvalue weighted by molar-refractivity contribution is 8.44. The van der Waals surface area contributed by atoms with Crippen molar-refractivity contribution in [2.24, 2.45) is 4.99 Å². The number of thiol groups is 1. The van der Waals surface area contributed by atoms with Crippen LogP contribution >= 0.6 is 26.9 Å². The number of nitrogen functional groups attached to an aromatic ring is 1. The Kier molecular flexibility index (Phi) is 7.40. The smallest absolute Gasteiger partial charge is 0.369 e. The Hall–Kier alpha value is -2.84. The Bertz CT molecular complexity index is 1830. The lowest BCUT2D eigenvalue weighted by Crippen LogP contribution is -2.34. The molecule has 0 radical (unpaired) electrons. The lowest BCUT2D eigenvalue weighted by Gasteiger charge is -2.26. The second kappa shape index (κ2) is 10.9. The van der Waals surface area contributed by atoms with E-state index in [1.54, 1.807) is 0 Å². The minimum absolute atomic E-state index is 0.00484. The molecule has 3 aromatic rings. The van der Waals surface area contributed by atoms with Crippen molar-refractivity contribution in [3.05, 3.63) is 28.7 Å². The first-order valence-corrected chi connectivity index (χ1v) is 17.2. The van der Waals surface area contributed by atoms with Crippen LogP contribution in [0.15, 0.2) is 22.4 Å². The molecule has 4 aliphatic heterocycles. The van der Waals surface area contributed by atoms with Crippen molar-refractivity contribution in [1.82, 2.24) is 29.1 Å². The van der Waals surface area contributed by atoms with Gasteiger partial charge in [0.1, 0.15) is 18.3 Å². The number of nitrogens with one attached hydrogen (secondary N) is 1. The number of halogens is 1. The second-order valence-corrected chi connectivity index (χ2v) is 14.5. The number of imidazole rings is 2. The van der Waals surface area contributed by atoms with Crippen LogP contribution in [-0.2, 0) is 36.7 Å². The third-order valence-electron chi connectivity index (χ3n) is 7.28. The highest BCUT2D eigenvalue weighted by Crippen LogP contribution is 2.58. The van der Waals surface area contributed by atoms with Crippen LogP contribution in [0.2, 0.25) is 0 Å². The minimum Gasteiger partial charge on any atom is -0.369 e. The first kappa shape index (κ1) is 29.8. The molecule has 3 fully saturated rings. The molecular weight excluding hydrogens is 653 g/mol. The van der Waals surface area contributed by atoms with Crippen molar-refractivity contribution in [3.8, 4) is 0 Å². The summed E-state index contributed by atoms with van der Waals surface area (Å²) in [4.78, 5) is 53.6. The molecular formula is C21H23FN8O11P2S. The van der Waals surface area contributed by atoms with Gasteiger partial charge in [-0.25, -0.2) is 28.5 Å². The predicted molar refractivity (Wildman–Crippen MR) is 147 cm³/mol. The molecule has 2 bridgehead atoms. The summed E-state index contributed by atoms with van der Waals surface area (Å²) in [5.74, 6) is -0.510. The zero-order chi connectivity index (χ0) is 31.0. The molecule has 4 N–H and O–H groups in total. The molecule has 4 aliphatic rings. The number of fused-ring (bicyclic) bond motifs is 5. The summed E-state index contributed by atoms with van der Waals surface area (Å²) in [7, 11) is -4.98. The van der Waals surface area contributed by atoms with Crippen molar-refractivity contribution in [3.63, 3.8) is 0 Å². The number of ether oxygens (including phenoxy) is 2. The van der Waals surface area contributed by atoms with Crippen molar-refractivity contribution < 1.29 is 50.8 Å². The van der Waals surface area contributed by atoms with Gasteiger partial charge in [-0.15, -0.1) is 0 Å². The number of aliphatic imine (C=N–C) groups is 1. The Labute approximate surface area is 250 Å². The maximum Gasteiger partial charge on any atom is 0.472 e. The lowest BCUT2D eigenvalue weighted by atomic mass is 10.1. The van der Waals surface area contributed by atoms with Gasteiger partial charge in [-0.2, -0.15) is 4.98 Å². The summed E-state index contributed by atoms with van der Waals surface area (Å²) >= 11 is 4.07. The number of hydrogen-bond donors (Lipinski definition) is 4. The summed E-state index contributed by atoms with van der Waals surface area (Å²) in [6.07, 6.45) is -6.39. The molecule has 9 atom stereocenters. The summed E-state index contributed by atoms with van der Waals surface area (Å²) in [5.41, 5.74) is 5.03. The van der Waals surface area contributed by atoms with Crippen LogP contribution in [0.25, 0.3) is 11.2 Å². The lowest BCUT2D eigenvalue weighted by molar-refractivity contribution is -0.0608. The third-order valence-corrected chi connectivity index (χ3v) is 9.91. The van der Waals surface area contributed by atoms with E-state index in [2.05, 4.69) is 37.2 Å². The number of nitrogens with two attached hydrogens (primary N) is 1. The average Bonchev–Trinajstić information content (AvgIpc) is 3.72. The number of rotatable bonds is 2. The van der Waals surface area contributed by atoms with E-state index < -0.39 is 76.4 Å². The number of nitrogens with zero attached hydrogens (tertiary/aromatic N) is 6. The van der Waals surface area contributed by atoms with Crippen LogP contribution in [0.3, 0.4) is 0 Å². The highest BCUT2D eigenvalue weighted by Gasteiger charge is 2.52. The fraction of sp³-hybridized carbons (Fsp3) is 0.524. The number of ketones is 1. The van der Waals surface area contributed by atoms with E-state index in [0.717, 1.165) is 10.9 Å². The summed E-state index contributed by atoms with van der Waals surface area (Å²) in [5, 5.41) is 0. The molecule has 44 heavy (non-hydrogen) atoms. The number of Topliss-reactive ketones (excluding diaryl/α,β-unsaturated/α-hetero) is 1. The first-order valence-electron chi connectivity index (χ1n) is 13.0. The van der Waals surface area contributed by atoms with Crippen LogP contribution in [0.4, 0.5) is 16.2 Å². The van der Waals surface area contributed by atoms with Crippen LogP contribution in [0.5, 0.6) is 0 Å². The summed E-state index contributed by atoms with van der Waals surface area (Å²) in [6.45, 7) is -5.50. The number of phosphoric ester groups is 1. The Morgan fingerprint density at radius 3 is 2.68 bits per heavy atom. The molecule has 0 aliphatic carbocycles. The molecule has 19 nitrogen and oxygen atoms in total. The van der Waals surface area contributed by atoms with E-state index >= 15 is 4.39 Å². The van der Waals surface area contributed by atoms with E-state index in [9.17, 15) is 23.6 Å². The molecule has 0 spiro atoms. The number of aromatic nitrogens is 6. The molecule has 7 rings (SSSR count). The highest BCUT2D eigenvalue weighted by atomic mass is 32.7. The molecule has 2 unspecified atom stereocenters. The van der Waals surface area contributed by atoms with Gasteiger partial charge in [-0.1, -0.05) is 12.2 Å². The van der Waals surface area contributed by atoms with Gasteiger partial charge in [-0.05, 0) is 0 Å². The molecule has 23 heteroatoms. The van der Waals surface area contributed by atoms with Crippen LogP contribution in [0, 0.1) is 0 Å². The number of alkyl halides is 1. The Morgan fingerprint density at radius 1 is 1.07 bits per heavy atom. The summed E-state index contributed by atoms with van der Waals surface area (Å²) in [6, 6.07) is 0. The van der Waals surface area contributed by atoms with Gasteiger partial charge in [-0.3, -0.25) is 41.8 Å². The third kappa shape index (κ3) is 5.36. The molecule has 3 saturated heterocycles. The van der Waals surface area contributed by atoms with Crippen LogP contribution in [0.1, 0.15) is 35.8 Å². The molecule has 3 aromatic heterocycles. The average molecular weight is 676 g/mol. The minimum atomic E-state index is -4.98. The first-order chi connectivity index (χ1) is 20.9. The maximum absolute atomic E-state index is 15.9. The fourth-order valence-electron chi connectivity index (χ4n) is 5.38. The van der Waals surface area contributed by atoms with Crippen LogP contribution in [-0.4, -0.2) is 89.8 Å². The van der Waals surface area contributed by atoms with Gasteiger partial charge >= 0.3 is 14.6 Å². The fourth-order valence-corrected chi connectivity index (χ4v) is 7.85. The monoisotopic (exact) mass is 676 g/mol. The number of carbonyl (C=O) groups excluding carboxylic acids is 1. The van der Waals surface area contributed by atoms with Gasteiger partial charge in [0.15, 0.2) is 47.1 Å². The largest absolute Gasteiger partial charge is 0.472 e. The molecule has 0 aromatic carbocycles. The van der Waals surface area contributed by atoms with E-state index in [1.165, 1.54) is 17.1 Å². The zero-order valence-electron chi connectivity index (χ0n) is 22.1. The van der Waals surface area contributed by atoms with Gasteiger partial charge < -0.3 is 20.1 Å². The van der Waals surface area contributed by atoms with Gasteiger partial charge in [0.2, 0.25) is 5.95 Å². The van der Waals surface area contributed by atoms with Gasteiger partial charge in [0.05, 0.1) is 32.0 Å². The number of hydrogen-bond acceptors (Lipinski definition) is 15. The normalized spacial score (nSPS) is 37.7. The Morgan fingerprint density at radius 2 is 1.86 bits per heavy atom. The van der Waals surface area contributed by atoms with Crippen molar-refractivity contribution >= 4 is 61.8 Å². The standard InChI is InChI=1S/C21H23FN8O11P2S/c22-12-15-11(39-20(12)29-6-25-13-9(31)1-2-24-16(13)29)5-37-43(35,44)40-10-3-8(4-36-42(33,34)41-15)38-19(10)30-7-26-14-17(30)27-21(23)28-18(14)32/h2,6-8,10-12,15,19-20H,1,3-5H2,(H,33,34)(H,35,44)(H3,23,27,28,32)/t8-,10+,11+,12-,15+,19+,20+,43?/m0/s1. The summed E-state index contributed by atoms with van der Waals surface area (Å²) < 4.78 is 78.0. The topological polar surface area (TPSA) is 247 Å². The molecule has 236 valence electrons. The SMILES string of the molecule is Nc1nc2c(ncn2[C@@H]2O[C@@H]3COP(=O)(O)O[C@H]4[C@H](F)[C@H](n5cnc6c5N=CCC6=O)O[C@@H]4COP(=O)(S)O[C@@H]2C3)c(=O)[nH]1. The molecule has 0 saturated carbocycles. The van der Waals surface area contributed by atoms with Crippen molar-refractivity contribution in [2.75, 3.05) is 18.9 Å². The van der Waals surface area contributed by atoms with Gasteiger partial charge in [0, 0.05) is 19.1 Å². The molecule has 7 heterocycles. The van der Waals surface area contributed by atoms with E-state index in [4.69, 9.17) is 33.3 Å². The quantitative estimate of drug-likeness (QED) is 0.221. The number of carbonyl (C=O) groups is 1. The van der Waals surface area contributed by atoms with E-state index in [1.807, 2.05) is 0 Å². The van der Waals surface area contributed by atoms with Gasteiger partial charge in [0.25, 0.3) is 5.56 Å². The number of phosphoric acid groups is 1. The second-order valence-electron chi connectivity index (χ2n) is 10.2. The number of aromatic amines is 1. The predicted octanol–water partition coefficient (Wildman–Crippen LogP) is 1.37. The van der Waals surface area contributed by atoms with Crippen molar-refractivity contribution in [1.29, 1.82) is 0 Å². The Balaban J connectivity index is 1.18. The van der Waals surface area contributed by atoms with E-state index in [0.29, 0.717) is 0 Å². The number of anilines is 1. The van der Waals surface area contributed by atoms with Crippen LogP contribution < -0.4 is 11.3 Å². The molecule has 0 amide bonds. The number of H-pyrrole nitrogens is 1. The zero-order valence-corrected chi connectivity index (χ0v) is 24.8. The maximum atomic E-state index is 15.9. The van der Waals surface area contributed by atoms with Crippen molar-refractivity contribution in [2.45, 2.75) is 55.9 Å². The van der Waals surface area contributed by atoms with E-state index in [-0.39, 0.29) is 47.2 Å².